The van der Waals surface area contributed by atoms with Crippen LogP contribution in [0.25, 0.3) is 0 Å². The molecule has 0 saturated heterocycles. The van der Waals surface area contributed by atoms with Crippen LogP contribution in [-0.4, -0.2) is 17.9 Å². The highest BCUT2D eigenvalue weighted by atomic mass is 19.4. The summed E-state index contributed by atoms with van der Waals surface area (Å²) in [4.78, 5) is 22.0. The predicted molar refractivity (Wildman–Crippen MR) is 61.9 cm³/mol. The molecule has 0 saturated carbocycles. The van der Waals surface area contributed by atoms with Crippen molar-refractivity contribution < 1.29 is 22.8 Å². The average molecular weight is 275 g/mol. The van der Waals surface area contributed by atoms with Crippen LogP contribution in [0, 0.1) is 0 Å². The maximum absolute atomic E-state index is 12.3. The molecule has 0 aliphatic rings. The first-order valence-electron chi connectivity index (χ1n) is 5.22. The lowest BCUT2D eigenvalue weighted by Crippen LogP contribution is -2.38. The summed E-state index contributed by atoms with van der Waals surface area (Å²) in [5.41, 5.74) is 9.56. The molecule has 1 rings (SSSR count). The van der Waals surface area contributed by atoms with E-state index in [9.17, 15) is 22.8 Å². The van der Waals surface area contributed by atoms with Gasteiger partial charge in [0.05, 0.1) is 18.0 Å². The first-order chi connectivity index (χ1) is 8.70. The molecule has 104 valence electrons. The van der Waals surface area contributed by atoms with Crippen LogP contribution in [0.5, 0.6) is 0 Å². The van der Waals surface area contributed by atoms with Crippen molar-refractivity contribution in [1.82, 2.24) is 0 Å². The largest absolute Gasteiger partial charge is 0.416 e. The molecule has 1 atom stereocenters. The zero-order chi connectivity index (χ0) is 14.6. The maximum Gasteiger partial charge on any atom is 0.416 e. The molecule has 0 fully saturated rings. The molecule has 0 bridgehead atoms. The van der Waals surface area contributed by atoms with Crippen LogP contribution in [-0.2, 0) is 15.8 Å². The maximum atomic E-state index is 12.3. The van der Waals surface area contributed by atoms with Gasteiger partial charge in [-0.1, -0.05) is 0 Å². The van der Waals surface area contributed by atoms with Crippen LogP contribution >= 0.6 is 0 Å². The summed E-state index contributed by atoms with van der Waals surface area (Å²) in [5.74, 6) is -1.44. The Kier molecular flexibility index (Phi) is 4.49. The van der Waals surface area contributed by atoms with E-state index in [1.807, 2.05) is 0 Å². The smallest absolute Gasteiger partial charge is 0.370 e. The van der Waals surface area contributed by atoms with Crippen LogP contribution in [0.4, 0.5) is 18.9 Å². The fourth-order valence-electron chi connectivity index (χ4n) is 1.29. The number of primary amides is 1. The molecule has 0 radical (unpaired) electrons. The minimum Gasteiger partial charge on any atom is -0.370 e. The molecule has 0 aliphatic heterocycles. The van der Waals surface area contributed by atoms with Crippen LogP contribution < -0.4 is 16.8 Å². The molecule has 0 aliphatic carbocycles. The zero-order valence-corrected chi connectivity index (χ0v) is 9.70. The highest BCUT2D eigenvalue weighted by Crippen LogP contribution is 2.29. The van der Waals surface area contributed by atoms with Gasteiger partial charge in [-0.25, -0.2) is 0 Å². The van der Waals surface area contributed by atoms with Gasteiger partial charge in [0.15, 0.2) is 0 Å². The van der Waals surface area contributed by atoms with Gasteiger partial charge in [-0.05, 0) is 24.3 Å². The van der Waals surface area contributed by atoms with Crippen LogP contribution in [0.1, 0.15) is 12.0 Å². The second-order valence-electron chi connectivity index (χ2n) is 3.84. The Bertz CT molecular complexity index is 471. The number of anilines is 1. The predicted octanol–water partition coefficient (Wildman–Crippen LogP) is 0.847. The molecule has 5 N–H and O–H groups in total. The third-order valence-corrected chi connectivity index (χ3v) is 2.24. The van der Waals surface area contributed by atoms with Crippen molar-refractivity contribution in [1.29, 1.82) is 0 Å². The summed E-state index contributed by atoms with van der Waals surface area (Å²) in [6, 6.07) is 2.71. The van der Waals surface area contributed by atoms with E-state index in [-0.39, 0.29) is 12.1 Å². The zero-order valence-electron chi connectivity index (χ0n) is 9.70. The van der Waals surface area contributed by atoms with Crippen molar-refractivity contribution in [2.45, 2.75) is 18.6 Å². The topological polar surface area (TPSA) is 98.2 Å². The molecule has 2 amide bonds. The van der Waals surface area contributed by atoms with Crippen LogP contribution in [0.2, 0.25) is 0 Å². The van der Waals surface area contributed by atoms with E-state index in [0.717, 1.165) is 24.3 Å². The molecular weight excluding hydrogens is 263 g/mol. The number of carbonyl (C=O) groups excluding carboxylic acids is 2. The van der Waals surface area contributed by atoms with Crippen molar-refractivity contribution in [3.63, 3.8) is 0 Å². The highest BCUT2D eigenvalue weighted by Gasteiger charge is 2.30. The van der Waals surface area contributed by atoms with Gasteiger partial charge in [0.2, 0.25) is 11.8 Å². The fraction of sp³-hybridized carbons (Fsp3) is 0.273. The average Bonchev–Trinajstić information content (AvgIpc) is 2.27. The van der Waals surface area contributed by atoms with Gasteiger partial charge in [-0.2, -0.15) is 13.2 Å². The second kappa shape index (κ2) is 5.70. The number of hydrogen-bond donors (Lipinski definition) is 3. The monoisotopic (exact) mass is 275 g/mol. The number of halogens is 3. The van der Waals surface area contributed by atoms with E-state index in [1.165, 1.54) is 0 Å². The number of alkyl halides is 3. The first kappa shape index (κ1) is 15.0. The molecule has 0 spiro atoms. The minimum absolute atomic E-state index is 0.151. The van der Waals surface area contributed by atoms with Gasteiger partial charge >= 0.3 is 6.18 Å². The molecule has 5 nitrogen and oxygen atoms in total. The first-order valence-corrected chi connectivity index (χ1v) is 5.22. The van der Waals surface area contributed by atoms with Gasteiger partial charge < -0.3 is 16.8 Å². The normalized spacial score (nSPS) is 12.8. The van der Waals surface area contributed by atoms with E-state index in [2.05, 4.69) is 5.32 Å². The molecule has 1 aromatic carbocycles. The fourth-order valence-corrected chi connectivity index (χ4v) is 1.29. The van der Waals surface area contributed by atoms with E-state index in [0.29, 0.717) is 0 Å². The number of benzene rings is 1. The lowest BCUT2D eigenvalue weighted by atomic mass is 10.1. The number of amides is 2. The van der Waals surface area contributed by atoms with Crippen molar-refractivity contribution >= 4 is 17.5 Å². The van der Waals surface area contributed by atoms with E-state index >= 15 is 0 Å². The van der Waals surface area contributed by atoms with Crippen molar-refractivity contribution in [3.8, 4) is 0 Å². The molecule has 1 unspecified atom stereocenters. The third-order valence-electron chi connectivity index (χ3n) is 2.24. The molecular formula is C11H12F3N3O2. The molecule has 8 heteroatoms. The van der Waals surface area contributed by atoms with E-state index in [1.54, 1.807) is 0 Å². The lowest BCUT2D eigenvalue weighted by molar-refractivity contribution is -0.137. The van der Waals surface area contributed by atoms with Gasteiger partial charge in [-0.3, -0.25) is 9.59 Å². The van der Waals surface area contributed by atoms with Crippen molar-refractivity contribution in [3.05, 3.63) is 29.8 Å². The molecule has 19 heavy (non-hydrogen) atoms. The standard InChI is InChI=1S/C11H12F3N3O2/c12-11(13,14)6-1-3-7(4-2-6)17-10(19)8(15)5-9(16)18/h1-4,8H,5,15H2,(H2,16,18)(H,17,19). The Morgan fingerprint density at radius 3 is 2.16 bits per heavy atom. The van der Waals surface area contributed by atoms with Gasteiger partial charge in [0.1, 0.15) is 0 Å². The summed E-state index contributed by atoms with van der Waals surface area (Å²) < 4.78 is 36.9. The van der Waals surface area contributed by atoms with Gasteiger partial charge in [-0.15, -0.1) is 0 Å². The minimum atomic E-state index is -4.44. The summed E-state index contributed by atoms with van der Waals surface area (Å²) in [5, 5.41) is 2.29. The molecule has 1 aromatic rings. The quantitative estimate of drug-likeness (QED) is 0.759. The van der Waals surface area contributed by atoms with Crippen molar-refractivity contribution in [2.75, 3.05) is 5.32 Å². The summed E-state index contributed by atoms with van der Waals surface area (Å²) >= 11 is 0. The highest BCUT2D eigenvalue weighted by molar-refractivity contribution is 5.97. The Morgan fingerprint density at radius 2 is 1.74 bits per heavy atom. The van der Waals surface area contributed by atoms with Gasteiger partial charge in [0.25, 0.3) is 0 Å². The Hall–Kier alpha value is -2.09. The molecule has 0 aromatic heterocycles. The third kappa shape index (κ3) is 4.59. The Morgan fingerprint density at radius 1 is 1.21 bits per heavy atom. The number of rotatable bonds is 4. The summed E-state index contributed by atoms with van der Waals surface area (Å²) in [7, 11) is 0. The van der Waals surface area contributed by atoms with Crippen LogP contribution in [0.3, 0.4) is 0 Å². The number of nitrogens with one attached hydrogen (secondary N) is 1. The number of nitrogens with two attached hydrogens (primary N) is 2. The Balaban J connectivity index is 2.68. The number of carbonyl (C=O) groups is 2. The lowest BCUT2D eigenvalue weighted by Gasteiger charge is -2.11. The summed E-state index contributed by atoms with van der Waals surface area (Å²) in [6.07, 6.45) is -4.78. The van der Waals surface area contributed by atoms with Crippen molar-refractivity contribution in [2.24, 2.45) is 11.5 Å². The van der Waals surface area contributed by atoms with Crippen LogP contribution in [0.15, 0.2) is 24.3 Å². The van der Waals surface area contributed by atoms with E-state index < -0.39 is 29.6 Å². The second-order valence-corrected chi connectivity index (χ2v) is 3.84. The molecule has 0 heterocycles. The number of hydrogen-bond acceptors (Lipinski definition) is 3. The summed E-state index contributed by atoms with van der Waals surface area (Å²) in [6.45, 7) is 0. The Labute approximate surface area is 106 Å². The van der Waals surface area contributed by atoms with E-state index in [4.69, 9.17) is 11.5 Å². The SMILES string of the molecule is NC(=O)CC(N)C(=O)Nc1ccc(C(F)(F)F)cc1. The van der Waals surface area contributed by atoms with Gasteiger partial charge in [0, 0.05) is 5.69 Å².